The average molecular weight is 227 g/mol. The highest BCUT2D eigenvalue weighted by molar-refractivity contribution is 5.81. The van der Waals surface area contributed by atoms with Crippen molar-refractivity contribution in [1.82, 2.24) is 5.32 Å². The molecule has 1 aliphatic rings. The van der Waals surface area contributed by atoms with Gasteiger partial charge in [0.1, 0.15) is 0 Å². The van der Waals surface area contributed by atoms with E-state index in [0.717, 1.165) is 32.1 Å². The molecule has 4 nitrogen and oxygen atoms in total. The number of nitrogens with two attached hydrogens (primary N) is 2. The molecule has 0 saturated heterocycles. The van der Waals surface area contributed by atoms with E-state index in [1.54, 1.807) is 0 Å². The van der Waals surface area contributed by atoms with Gasteiger partial charge in [0, 0.05) is 12.1 Å². The van der Waals surface area contributed by atoms with E-state index in [1.807, 2.05) is 0 Å². The summed E-state index contributed by atoms with van der Waals surface area (Å²) in [4.78, 5) is 11.8. The third-order valence-corrected chi connectivity index (χ3v) is 3.18. The number of hydrogen-bond donors (Lipinski definition) is 3. The van der Waals surface area contributed by atoms with E-state index >= 15 is 0 Å². The lowest BCUT2D eigenvalue weighted by Gasteiger charge is -2.28. The zero-order valence-corrected chi connectivity index (χ0v) is 10.4. The van der Waals surface area contributed by atoms with Crippen LogP contribution in [-0.4, -0.2) is 24.0 Å². The minimum Gasteiger partial charge on any atom is -0.352 e. The zero-order chi connectivity index (χ0) is 12.1. The Labute approximate surface area is 98.1 Å². The molecule has 1 atom stereocenters. The van der Waals surface area contributed by atoms with Crippen LogP contribution in [0, 0.1) is 5.92 Å². The molecule has 1 rings (SSSR count). The first kappa shape index (κ1) is 13.5. The summed E-state index contributed by atoms with van der Waals surface area (Å²) >= 11 is 0. The molecule has 0 aromatic carbocycles. The molecule has 0 aromatic heterocycles. The number of nitrogens with one attached hydrogen (secondary N) is 1. The number of carbonyl (C=O) groups excluding carboxylic acids is 1. The third kappa shape index (κ3) is 4.49. The number of rotatable bonds is 4. The topological polar surface area (TPSA) is 81.1 Å². The molecule has 1 fully saturated rings. The van der Waals surface area contributed by atoms with E-state index in [2.05, 4.69) is 19.2 Å². The van der Waals surface area contributed by atoms with Crippen molar-refractivity contribution in [2.45, 2.75) is 64.1 Å². The number of hydrogen-bond acceptors (Lipinski definition) is 3. The van der Waals surface area contributed by atoms with Gasteiger partial charge in [0.05, 0.1) is 6.04 Å². The summed E-state index contributed by atoms with van der Waals surface area (Å²) in [5, 5.41) is 3.03. The predicted octanol–water partition coefficient (Wildman–Crippen LogP) is 0.746. The molecule has 1 aliphatic carbocycles. The van der Waals surface area contributed by atoms with Gasteiger partial charge in [-0.15, -0.1) is 0 Å². The monoisotopic (exact) mass is 227 g/mol. The first-order valence-electron chi connectivity index (χ1n) is 6.30. The van der Waals surface area contributed by atoms with Crippen molar-refractivity contribution in [3.8, 4) is 0 Å². The smallest absolute Gasteiger partial charge is 0.237 e. The fourth-order valence-electron chi connectivity index (χ4n) is 2.19. The first-order chi connectivity index (χ1) is 7.49. The molecule has 0 radical (unpaired) electrons. The van der Waals surface area contributed by atoms with Crippen LogP contribution in [-0.2, 0) is 4.79 Å². The van der Waals surface area contributed by atoms with Crippen molar-refractivity contribution in [3.05, 3.63) is 0 Å². The van der Waals surface area contributed by atoms with Gasteiger partial charge < -0.3 is 16.8 Å². The lowest BCUT2D eigenvalue weighted by atomic mass is 9.91. The summed E-state index contributed by atoms with van der Waals surface area (Å²) in [6.07, 6.45) is 4.73. The molecule has 16 heavy (non-hydrogen) atoms. The summed E-state index contributed by atoms with van der Waals surface area (Å²) in [6, 6.07) is 0.235. The van der Waals surface area contributed by atoms with Crippen LogP contribution in [0.25, 0.3) is 0 Å². The summed E-state index contributed by atoms with van der Waals surface area (Å²) in [5.41, 5.74) is 11.6. The molecule has 5 N–H and O–H groups in total. The van der Waals surface area contributed by atoms with Gasteiger partial charge in [-0.1, -0.05) is 13.8 Å². The van der Waals surface area contributed by atoms with Crippen LogP contribution in [0.3, 0.4) is 0 Å². The van der Waals surface area contributed by atoms with Gasteiger partial charge in [-0.05, 0) is 38.0 Å². The molecule has 0 aromatic rings. The average Bonchev–Trinajstić information content (AvgIpc) is 2.20. The van der Waals surface area contributed by atoms with E-state index in [-0.39, 0.29) is 18.0 Å². The Kier molecular flexibility index (Phi) is 5.22. The third-order valence-electron chi connectivity index (χ3n) is 3.18. The second-order valence-electron chi connectivity index (χ2n) is 5.36. The summed E-state index contributed by atoms with van der Waals surface area (Å²) in [6.45, 7) is 4.15. The molecule has 1 amide bonds. The summed E-state index contributed by atoms with van der Waals surface area (Å²) in [7, 11) is 0. The van der Waals surface area contributed by atoms with Crippen molar-refractivity contribution in [2.24, 2.45) is 17.4 Å². The predicted molar refractivity (Wildman–Crippen MR) is 65.8 cm³/mol. The second kappa shape index (κ2) is 6.21. The Balaban J connectivity index is 2.28. The molecule has 0 spiro atoms. The zero-order valence-electron chi connectivity index (χ0n) is 10.4. The van der Waals surface area contributed by atoms with Crippen molar-refractivity contribution >= 4 is 5.91 Å². The molecule has 1 unspecified atom stereocenters. The largest absolute Gasteiger partial charge is 0.352 e. The van der Waals surface area contributed by atoms with Crippen LogP contribution < -0.4 is 16.8 Å². The van der Waals surface area contributed by atoms with E-state index in [4.69, 9.17) is 11.5 Å². The molecule has 4 heteroatoms. The second-order valence-corrected chi connectivity index (χ2v) is 5.36. The maximum atomic E-state index is 11.8. The minimum absolute atomic E-state index is 0.00540. The first-order valence-corrected chi connectivity index (χ1v) is 6.30. The van der Waals surface area contributed by atoms with Crippen LogP contribution in [0.5, 0.6) is 0 Å². The molecule has 0 heterocycles. The van der Waals surface area contributed by atoms with Crippen molar-refractivity contribution in [3.63, 3.8) is 0 Å². The molecule has 0 bridgehead atoms. The Morgan fingerprint density at radius 1 is 1.31 bits per heavy atom. The minimum atomic E-state index is -0.365. The van der Waals surface area contributed by atoms with Crippen molar-refractivity contribution in [2.75, 3.05) is 0 Å². The van der Waals surface area contributed by atoms with E-state index < -0.39 is 0 Å². The van der Waals surface area contributed by atoms with Gasteiger partial charge in [0.2, 0.25) is 5.91 Å². The molecule has 94 valence electrons. The van der Waals surface area contributed by atoms with Gasteiger partial charge in [-0.2, -0.15) is 0 Å². The maximum absolute atomic E-state index is 11.8. The van der Waals surface area contributed by atoms with Gasteiger partial charge >= 0.3 is 0 Å². The van der Waals surface area contributed by atoms with Gasteiger partial charge in [0.15, 0.2) is 0 Å². The Morgan fingerprint density at radius 3 is 2.38 bits per heavy atom. The number of carbonyl (C=O) groups is 1. The van der Waals surface area contributed by atoms with E-state index in [9.17, 15) is 4.79 Å². The summed E-state index contributed by atoms with van der Waals surface area (Å²) in [5.74, 6) is 0.453. The highest BCUT2D eigenvalue weighted by Crippen LogP contribution is 2.17. The Bertz CT molecular complexity index is 222. The van der Waals surface area contributed by atoms with Crippen LogP contribution in [0.2, 0.25) is 0 Å². The van der Waals surface area contributed by atoms with Crippen LogP contribution >= 0.6 is 0 Å². The molecule has 0 aliphatic heterocycles. The van der Waals surface area contributed by atoms with Gasteiger partial charge in [-0.3, -0.25) is 4.79 Å². The molecular weight excluding hydrogens is 202 g/mol. The highest BCUT2D eigenvalue weighted by Gasteiger charge is 2.22. The van der Waals surface area contributed by atoms with E-state index in [1.165, 1.54) is 0 Å². The SMILES string of the molecule is CC(C)CC(N)C(=O)NC1CCC(N)CC1. The van der Waals surface area contributed by atoms with Crippen molar-refractivity contribution < 1.29 is 4.79 Å². The normalized spacial score (nSPS) is 27.8. The van der Waals surface area contributed by atoms with Gasteiger partial charge in [0.25, 0.3) is 0 Å². The fourth-order valence-corrected chi connectivity index (χ4v) is 2.19. The lowest BCUT2D eigenvalue weighted by molar-refractivity contribution is -0.123. The highest BCUT2D eigenvalue weighted by atomic mass is 16.2. The standard InChI is InChI=1S/C12H25N3O/c1-8(2)7-11(14)12(16)15-10-5-3-9(13)4-6-10/h8-11H,3-7,13-14H2,1-2H3,(H,15,16). The van der Waals surface area contributed by atoms with Crippen LogP contribution in [0.1, 0.15) is 46.0 Å². The van der Waals surface area contributed by atoms with Crippen molar-refractivity contribution in [1.29, 1.82) is 0 Å². The Hall–Kier alpha value is -0.610. The van der Waals surface area contributed by atoms with Crippen LogP contribution in [0.4, 0.5) is 0 Å². The fraction of sp³-hybridized carbons (Fsp3) is 0.917. The quantitative estimate of drug-likeness (QED) is 0.663. The van der Waals surface area contributed by atoms with Crippen LogP contribution in [0.15, 0.2) is 0 Å². The molecular formula is C12H25N3O. The summed E-state index contributed by atoms with van der Waals surface area (Å²) < 4.78 is 0. The lowest BCUT2D eigenvalue weighted by Crippen LogP contribution is -2.47. The maximum Gasteiger partial charge on any atom is 0.237 e. The number of amides is 1. The van der Waals surface area contributed by atoms with Gasteiger partial charge in [-0.25, -0.2) is 0 Å². The molecule has 1 saturated carbocycles. The Morgan fingerprint density at radius 2 is 1.88 bits per heavy atom. The van der Waals surface area contributed by atoms with E-state index in [0.29, 0.717) is 12.0 Å².